The Balaban J connectivity index is 2.36. The lowest BCUT2D eigenvalue weighted by Crippen LogP contribution is -2.43. The van der Waals surface area contributed by atoms with Gasteiger partial charge in [0.2, 0.25) is 0 Å². The van der Waals surface area contributed by atoms with Crippen LogP contribution in [-0.4, -0.2) is 190 Å². The van der Waals surface area contributed by atoms with Gasteiger partial charge < -0.3 is 82.1 Å². The van der Waals surface area contributed by atoms with Crippen LogP contribution in [0.2, 0.25) is 0 Å². The van der Waals surface area contributed by atoms with E-state index in [2.05, 4.69) is 21.3 Å². The van der Waals surface area contributed by atoms with E-state index in [1.807, 2.05) is 90.4 Å². The lowest BCUT2D eigenvalue weighted by molar-refractivity contribution is -0.122. The second-order valence-corrected chi connectivity index (χ2v) is 21.6. The summed E-state index contributed by atoms with van der Waals surface area (Å²) in [6, 6.07) is -4.18. The molecule has 2 aromatic rings. The Morgan fingerprint density at radius 3 is 0.739 bits per heavy atom. The Morgan fingerprint density at radius 2 is 0.551 bits per heavy atom. The summed E-state index contributed by atoms with van der Waals surface area (Å²) in [5.41, 5.74) is 0.119. The summed E-state index contributed by atoms with van der Waals surface area (Å²) in [7, 11) is 0. The molecule has 0 aliphatic carbocycles. The van der Waals surface area contributed by atoms with Gasteiger partial charge in [-0.1, -0.05) is 32.1 Å². The number of halogens is 6. The molecule has 0 fully saturated rings. The first-order chi connectivity index (χ1) is 32.8. The molecule has 6 amide bonds. The van der Waals surface area contributed by atoms with Gasteiger partial charge in [-0.2, -0.15) is 0 Å². The topological polar surface area (TPSA) is 359 Å². The van der Waals surface area contributed by atoms with Gasteiger partial charge in [-0.15, -0.1) is 0 Å². The van der Waals surface area contributed by atoms with Gasteiger partial charge in [0.1, 0.15) is 13.2 Å². The SMILES string of the molecule is O=C(NC(CO)CO)c1c(I)c(C(=O)NC(CO)CO)c(I)c(N(CCCCCCCCCN(C(=O)CO)c2c(I)c(C(=O)NC(CO)CO)c(I)c(C(=O)NC(CO)CO)c2I)C(=O)CO)c1I. The monoisotopic (exact) mass is 1650 g/mol. The van der Waals surface area contributed by atoms with E-state index in [9.17, 15) is 79.8 Å². The molecule has 0 saturated heterocycles. The average molecular weight is 1650 g/mol. The number of aliphatic hydroxyl groups excluding tert-OH is 10. The van der Waals surface area contributed by atoms with Crippen LogP contribution < -0.4 is 31.1 Å². The van der Waals surface area contributed by atoms with Crippen molar-refractivity contribution in [2.24, 2.45) is 0 Å². The minimum Gasteiger partial charge on any atom is -0.394 e. The maximum absolute atomic E-state index is 13.6. The molecular weight excluding hydrogens is 1590 g/mol. The molecular formula is C41H56I6N6O16. The first kappa shape index (κ1) is 64.4. The van der Waals surface area contributed by atoms with Crippen molar-refractivity contribution >= 4 is 182 Å². The van der Waals surface area contributed by atoms with Crippen LogP contribution in [0.15, 0.2) is 0 Å². The summed E-state index contributed by atoms with van der Waals surface area (Å²) in [5.74, 6) is -4.51. The number of nitrogens with zero attached hydrogens (tertiary/aromatic N) is 2. The lowest BCUT2D eigenvalue weighted by atomic mass is 10.0. The van der Waals surface area contributed by atoms with Crippen molar-refractivity contribution in [3.8, 4) is 0 Å². The Bertz CT molecular complexity index is 1840. The third-order valence-corrected chi connectivity index (χ3v) is 16.6. The molecule has 2 rings (SSSR count). The fourth-order valence-corrected chi connectivity index (χ4v) is 16.0. The normalized spacial score (nSPS) is 11.4. The number of rotatable bonds is 30. The number of amides is 6. The number of carbonyl (C=O) groups excluding carboxylic acids is 6. The highest BCUT2D eigenvalue weighted by Crippen LogP contribution is 2.40. The van der Waals surface area contributed by atoms with Crippen LogP contribution in [0, 0.1) is 21.4 Å². The van der Waals surface area contributed by atoms with Crippen LogP contribution >= 0.6 is 136 Å². The van der Waals surface area contributed by atoms with Gasteiger partial charge in [0, 0.05) is 20.2 Å². The second-order valence-electron chi connectivity index (χ2n) is 15.1. The van der Waals surface area contributed by atoms with Crippen molar-refractivity contribution in [1.82, 2.24) is 21.3 Å². The van der Waals surface area contributed by atoms with Crippen molar-refractivity contribution in [3.05, 3.63) is 43.7 Å². The Kier molecular flexibility index (Phi) is 31.0. The molecule has 2 aromatic carbocycles. The van der Waals surface area contributed by atoms with Crippen molar-refractivity contribution in [3.63, 3.8) is 0 Å². The quantitative estimate of drug-likeness (QED) is 0.0354. The van der Waals surface area contributed by atoms with E-state index in [1.165, 1.54) is 9.80 Å². The van der Waals surface area contributed by atoms with Gasteiger partial charge in [0.15, 0.2) is 0 Å². The molecule has 0 radical (unpaired) electrons. The van der Waals surface area contributed by atoms with Crippen LogP contribution in [0.25, 0.3) is 0 Å². The maximum Gasteiger partial charge on any atom is 0.253 e. The molecule has 388 valence electrons. The largest absolute Gasteiger partial charge is 0.394 e. The molecule has 0 bridgehead atoms. The number of unbranched alkanes of at least 4 members (excludes halogenated alkanes) is 6. The minimum atomic E-state index is -1.05. The van der Waals surface area contributed by atoms with Crippen molar-refractivity contribution in [2.45, 2.75) is 69.1 Å². The molecule has 0 unspecified atom stereocenters. The van der Waals surface area contributed by atoms with E-state index < -0.39 is 126 Å². The fourth-order valence-electron chi connectivity index (χ4n) is 6.52. The second kappa shape index (κ2) is 33.2. The molecule has 0 aromatic heterocycles. The molecule has 0 atom stereocenters. The van der Waals surface area contributed by atoms with Crippen LogP contribution in [0.3, 0.4) is 0 Å². The zero-order valence-corrected chi connectivity index (χ0v) is 49.8. The molecule has 69 heavy (non-hydrogen) atoms. The van der Waals surface area contributed by atoms with Gasteiger partial charge in [-0.05, 0) is 148 Å². The number of benzene rings is 2. The lowest BCUT2D eigenvalue weighted by Gasteiger charge is -2.28. The highest BCUT2D eigenvalue weighted by molar-refractivity contribution is 14.1. The molecule has 0 saturated carbocycles. The highest BCUT2D eigenvalue weighted by Gasteiger charge is 2.35. The van der Waals surface area contributed by atoms with E-state index >= 15 is 0 Å². The molecule has 0 heterocycles. The van der Waals surface area contributed by atoms with E-state index in [1.54, 1.807) is 45.2 Å². The maximum atomic E-state index is 13.6. The van der Waals surface area contributed by atoms with Crippen LogP contribution in [0.1, 0.15) is 86.4 Å². The number of nitrogens with one attached hydrogen (secondary N) is 4. The van der Waals surface area contributed by atoms with Crippen LogP contribution in [0.4, 0.5) is 11.4 Å². The number of hydrogen-bond donors (Lipinski definition) is 14. The van der Waals surface area contributed by atoms with E-state index in [-0.39, 0.29) is 68.1 Å². The summed E-state index contributed by atoms with van der Waals surface area (Å²) in [4.78, 5) is 83.9. The summed E-state index contributed by atoms with van der Waals surface area (Å²) >= 11 is 11.0. The standard InChI is InChI=1S/C41H56I6N6O16/c42-30-26(38(66)48-20(10-54)11-55)32(44)36(33(45)27(30)39(67)49-21(12-56)13-57)52(24(64)18-62)8-6-4-2-1-3-5-7-9-53(25(65)19-63)37-34(46)28(40(68)50-22(14-58)15-59)31(43)29(35(37)47)41(69)51-23(16-60)17-61/h20-23,54-63H,1-19H2,(H,48,66)(H,49,67)(H,50,68)(H,51,69). The van der Waals surface area contributed by atoms with E-state index in [0.717, 1.165) is 0 Å². The molecule has 22 nitrogen and oxygen atoms in total. The first-order valence-corrected chi connectivity index (χ1v) is 27.6. The van der Waals surface area contributed by atoms with Crippen LogP contribution in [0.5, 0.6) is 0 Å². The Hall–Kier alpha value is -0.760. The third kappa shape index (κ3) is 17.7. The zero-order valence-electron chi connectivity index (χ0n) is 36.8. The first-order valence-electron chi connectivity index (χ1n) is 21.2. The summed E-state index contributed by atoms with van der Waals surface area (Å²) in [6.07, 6.45) is 4.12. The fraction of sp³-hybridized carbons (Fsp3) is 0.561. The third-order valence-electron chi connectivity index (χ3n) is 10.3. The highest BCUT2D eigenvalue weighted by atomic mass is 127. The van der Waals surface area contributed by atoms with E-state index in [0.29, 0.717) is 44.9 Å². The van der Waals surface area contributed by atoms with Crippen LogP contribution in [-0.2, 0) is 9.59 Å². The summed E-state index contributed by atoms with van der Waals surface area (Å²) in [5, 5.41) is 107. The predicted molar refractivity (Wildman–Crippen MR) is 302 cm³/mol. The summed E-state index contributed by atoms with van der Waals surface area (Å²) in [6.45, 7) is -6.44. The Morgan fingerprint density at radius 1 is 0.348 bits per heavy atom. The minimum absolute atomic E-state index is 0.0463. The number of hydrogen-bond acceptors (Lipinski definition) is 16. The molecule has 0 spiro atoms. The number of aliphatic hydroxyl groups is 10. The average Bonchev–Trinajstić information content (AvgIpc) is 3.33. The number of carbonyl (C=O) groups is 6. The Labute approximate surface area is 479 Å². The van der Waals surface area contributed by atoms with E-state index in [4.69, 9.17) is 0 Å². The van der Waals surface area contributed by atoms with Gasteiger partial charge in [-0.25, -0.2) is 0 Å². The summed E-state index contributed by atoms with van der Waals surface area (Å²) < 4.78 is 1.26. The van der Waals surface area contributed by atoms with Gasteiger partial charge in [-0.3, -0.25) is 28.8 Å². The predicted octanol–water partition coefficient (Wildman–Crippen LogP) is -0.272. The molecule has 28 heteroatoms. The van der Waals surface area contributed by atoms with Crippen molar-refractivity contribution in [1.29, 1.82) is 0 Å². The van der Waals surface area contributed by atoms with Crippen molar-refractivity contribution < 1.29 is 79.8 Å². The van der Waals surface area contributed by atoms with Gasteiger partial charge in [0.05, 0.1) is 125 Å². The molecule has 0 aliphatic rings. The smallest absolute Gasteiger partial charge is 0.253 e. The zero-order chi connectivity index (χ0) is 52.1. The van der Waals surface area contributed by atoms with Gasteiger partial charge >= 0.3 is 0 Å². The molecule has 0 aliphatic heterocycles. The van der Waals surface area contributed by atoms with Gasteiger partial charge in [0.25, 0.3) is 35.4 Å². The number of anilines is 2. The van der Waals surface area contributed by atoms with Crippen molar-refractivity contribution in [2.75, 3.05) is 89.0 Å². The molecule has 14 N–H and O–H groups in total.